The molecule has 170 valence electrons. The molecule has 0 aromatic heterocycles. The van der Waals surface area contributed by atoms with Gasteiger partial charge in [0.1, 0.15) is 11.8 Å². The quantitative estimate of drug-likeness (QED) is 0.669. The van der Waals surface area contributed by atoms with Crippen molar-refractivity contribution in [1.82, 2.24) is 4.90 Å². The fourth-order valence-corrected chi connectivity index (χ4v) is 3.44. The molecule has 0 bridgehead atoms. The van der Waals surface area contributed by atoms with Crippen LogP contribution in [0.5, 0.6) is 0 Å². The van der Waals surface area contributed by atoms with Crippen molar-refractivity contribution in [3.05, 3.63) is 0 Å². The van der Waals surface area contributed by atoms with Gasteiger partial charge in [-0.05, 0) is 52.0 Å². The van der Waals surface area contributed by atoms with Gasteiger partial charge in [-0.1, -0.05) is 53.4 Å². The second kappa shape index (κ2) is 14.5. The van der Waals surface area contributed by atoms with Crippen molar-refractivity contribution >= 4 is 17.7 Å². The maximum absolute atomic E-state index is 11.1. The lowest BCUT2D eigenvalue weighted by atomic mass is 9.90. The van der Waals surface area contributed by atoms with Crippen molar-refractivity contribution in [1.29, 1.82) is 0 Å². The summed E-state index contributed by atoms with van der Waals surface area (Å²) in [6.07, 6.45) is 8.24. The molecule has 2 atom stereocenters. The molecule has 1 saturated carbocycles. The smallest absolute Gasteiger partial charge is 0.320 e. The Hall–Kier alpha value is -1.43. The van der Waals surface area contributed by atoms with Crippen LogP contribution in [0.25, 0.3) is 0 Å². The molecule has 2 rings (SSSR count). The van der Waals surface area contributed by atoms with Gasteiger partial charge in [0.2, 0.25) is 0 Å². The van der Waals surface area contributed by atoms with Gasteiger partial charge < -0.3 is 10.2 Å². The molecule has 2 aliphatic rings. The van der Waals surface area contributed by atoms with E-state index in [0.717, 1.165) is 51.5 Å². The van der Waals surface area contributed by atoms with E-state index >= 15 is 0 Å². The predicted octanol–water partition coefficient (Wildman–Crippen LogP) is 4.85. The van der Waals surface area contributed by atoms with E-state index in [-0.39, 0.29) is 23.7 Å². The highest BCUT2D eigenvalue weighted by molar-refractivity contribution is 5.77. The minimum Gasteiger partial charge on any atom is -0.481 e. The summed E-state index contributed by atoms with van der Waals surface area (Å²) in [5.74, 6) is -0.291. The Morgan fingerprint density at radius 2 is 1.28 bits per heavy atom. The van der Waals surface area contributed by atoms with Crippen molar-refractivity contribution < 1.29 is 24.6 Å². The number of piperidine rings is 1. The molecule has 1 aliphatic carbocycles. The summed E-state index contributed by atoms with van der Waals surface area (Å²) in [7, 11) is 0. The van der Waals surface area contributed by atoms with Crippen molar-refractivity contribution in [3.8, 4) is 0 Å². The molecule has 0 aromatic carbocycles. The number of hydrogen-bond donors (Lipinski definition) is 2. The Kier molecular flexibility index (Phi) is 13.8. The average Bonchev–Trinajstić information content (AvgIpc) is 2.68. The molecule has 0 spiro atoms. The lowest BCUT2D eigenvalue weighted by molar-refractivity contribution is -0.146. The first-order valence-corrected chi connectivity index (χ1v) is 11.2. The van der Waals surface area contributed by atoms with Crippen LogP contribution in [-0.4, -0.2) is 51.5 Å². The highest BCUT2D eigenvalue weighted by atomic mass is 16.4. The number of hydrogen-bond acceptors (Lipinski definition) is 4. The van der Waals surface area contributed by atoms with Crippen LogP contribution < -0.4 is 0 Å². The Labute approximate surface area is 177 Å². The number of carboxylic acid groups (broad SMARTS) is 2. The third kappa shape index (κ3) is 11.4. The average molecular weight is 414 g/mol. The summed E-state index contributed by atoms with van der Waals surface area (Å²) in [6, 6.07) is 0.123. The first-order chi connectivity index (χ1) is 13.5. The van der Waals surface area contributed by atoms with Crippen molar-refractivity contribution in [3.63, 3.8) is 0 Å². The fraction of sp³-hybridized carbons (Fsp3) is 0.870. The Morgan fingerprint density at radius 3 is 1.62 bits per heavy atom. The number of ketones is 1. The van der Waals surface area contributed by atoms with E-state index in [2.05, 4.69) is 25.7 Å². The van der Waals surface area contributed by atoms with Crippen LogP contribution >= 0.6 is 0 Å². The van der Waals surface area contributed by atoms with Crippen LogP contribution in [0.1, 0.15) is 92.9 Å². The van der Waals surface area contributed by atoms with Gasteiger partial charge in [0.25, 0.3) is 0 Å². The van der Waals surface area contributed by atoms with Crippen LogP contribution in [0.2, 0.25) is 0 Å². The number of likely N-dealkylation sites (tertiary alicyclic amines) is 1. The summed E-state index contributed by atoms with van der Waals surface area (Å²) < 4.78 is 0. The van der Waals surface area contributed by atoms with Gasteiger partial charge in [-0.25, -0.2) is 0 Å². The summed E-state index contributed by atoms with van der Waals surface area (Å²) in [6.45, 7) is 12.8. The second-order valence-electron chi connectivity index (χ2n) is 9.01. The van der Waals surface area contributed by atoms with E-state index in [1.807, 2.05) is 13.8 Å². The zero-order valence-electron chi connectivity index (χ0n) is 19.3. The van der Waals surface area contributed by atoms with Crippen LogP contribution in [0.4, 0.5) is 0 Å². The topological polar surface area (TPSA) is 94.9 Å². The molecule has 0 radical (unpaired) electrons. The number of aliphatic carboxylic acids is 2. The molecule has 1 unspecified atom stereocenters. The number of rotatable bonds is 5. The van der Waals surface area contributed by atoms with E-state index in [1.165, 1.54) is 6.42 Å². The number of carbonyl (C=O) groups excluding carboxylic acids is 1. The van der Waals surface area contributed by atoms with Crippen molar-refractivity contribution in [2.75, 3.05) is 6.54 Å². The van der Waals surface area contributed by atoms with Gasteiger partial charge in [0.15, 0.2) is 0 Å². The molecule has 2 fully saturated rings. The van der Waals surface area contributed by atoms with Gasteiger partial charge in [0.05, 0.1) is 5.92 Å². The van der Waals surface area contributed by atoms with Crippen LogP contribution in [-0.2, 0) is 14.4 Å². The number of Topliss-reactive ketones (excluding diaryl/α,β-unsaturated/α-hetero) is 1. The maximum Gasteiger partial charge on any atom is 0.320 e. The fourth-order valence-electron chi connectivity index (χ4n) is 3.44. The van der Waals surface area contributed by atoms with Gasteiger partial charge in [0, 0.05) is 12.0 Å². The highest BCUT2D eigenvalue weighted by Crippen LogP contribution is 2.24. The lowest BCUT2D eigenvalue weighted by Crippen LogP contribution is -2.50. The van der Waals surface area contributed by atoms with Crippen LogP contribution in [0.3, 0.4) is 0 Å². The van der Waals surface area contributed by atoms with Crippen molar-refractivity contribution in [2.45, 2.75) is 105 Å². The summed E-state index contributed by atoms with van der Waals surface area (Å²) >= 11 is 0. The predicted molar refractivity (Wildman–Crippen MR) is 116 cm³/mol. The molecular formula is C23H43NO5. The molecule has 6 heteroatoms. The first-order valence-electron chi connectivity index (χ1n) is 11.2. The van der Waals surface area contributed by atoms with Crippen LogP contribution in [0.15, 0.2) is 0 Å². The third-order valence-electron chi connectivity index (χ3n) is 6.08. The lowest BCUT2D eigenvalue weighted by Gasteiger charge is -2.39. The molecule has 1 aliphatic heterocycles. The third-order valence-corrected chi connectivity index (χ3v) is 6.08. The molecule has 1 heterocycles. The summed E-state index contributed by atoms with van der Waals surface area (Å²) in [5, 5.41) is 17.6. The highest BCUT2D eigenvalue weighted by Gasteiger charge is 2.32. The van der Waals surface area contributed by atoms with Gasteiger partial charge in [-0.3, -0.25) is 19.3 Å². The molecule has 2 N–H and O–H groups in total. The van der Waals surface area contributed by atoms with Gasteiger partial charge in [-0.2, -0.15) is 0 Å². The minimum atomic E-state index is -0.655. The second-order valence-corrected chi connectivity index (χ2v) is 9.01. The zero-order valence-corrected chi connectivity index (χ0v) is 19.3. The molecule has 0 aromatic rings. The maximum atomic E-state index is 11.1. The van der Waals surface area contributed by atoms with E-state index < -0.39 is 11.9 Å². The monoisotopic (exact) mass is 413 g/mol. The van der Waals surface area contributed by atoms with Crippen LogP contribution in [0, 0.1) is 17.8 Å². The molecule has 6 nitrogen and oxygen atoms in total. The van der Waals surface area contributed by atoms with Crippen molar-refractivity contribution in [2.24, 2.45) is 17.8 Å². The SMILES string of the molecule is CC(=O)C(C)C.CC(C)C(C)N1CCCC[C@@H]1C(=O)O.O=C(O)C1CCCCC1. The normalized spacial score (nSPS) is 21.4. The van der Waals surface area contributed by atoms with Gasteiger partial charge in [-0.15, -0.1) is 0 Å². The van der Waals surface area contributed by atoms with E-state index in [0.29, 0.717) is 12.0 Å². The molecule has 0 amide bonds. The Balaban J connectivity index is 0.000000448. The summed E-state index contributed by atoms with van der Waals surface area (Å²) in [4.78, 5) is 33.7. The molecule has 29 heavy (non-hydrogen) atoms. The number of nitrogens with zero attached hydrogens (tertiary/aromatic N) is 1. The number of carbonyl (C=O) groups is 3. The summed E-state index contributed by atoms with van der Waals surface area (Å²) in [5.41, 5.74) is 0. The molecular weight excluding hydrogens is 370 g/mol. The standard InChI is InChI=1S/C11H21NO2.C7H12O2.C5H10O/c1-8(2)9(3)12-7-5-4-6-10(12)11(13)14;8-7(9)6-4-2-1-3-5-6;1-4(2)5(3)6/h8-10H,4-7H2,1-3H3,(H,13,14);6H,1-5H2,(H,8,9);4H,1-3H3/t9?,10-;;/m1../s1. The number of carboxylic acids is 2. The Bertz CT molecular complexity index is 497. The first kappa shape index (κ1) is 27.6. The van der Waals surface area contributed by atoms with E-state index in [9.17, 15) is 14.4 Å². The minimum absolute atomic E-state index is 0.0289. The molecule has 1 saturated heterocycles. The van der Waals surface area contributed by atoms with E-state index in [4.69, 9.17) is 10.2 Å². The van der Waals surface area contributed by atoms with E-state index in [1.54, 1.807) is 6.92 Å². The zero-order chi connectivity index (χ0) is 22.6. The van der Waals surface area contributed by atoms with Gasteiger partial charge >= 0.3 is 11.9 Å². The largest absolute Gasteiger partial charge is 0.481 e. The Morgan fingerprint density at radius 1 is 0.793 bits per heavy atom.